The van der Waals surface area contributed by atoms with Crippen LogP contribution < -0.4 is 0 Å². The molecule has 0 aromatic heterocycles. The highest BCUT2D eigenvalue weighted by Gasteiger charge is 2.22. The largest absolute Gasteiger partial charge is 0.508 e. The molecule has 0 bridgehead atoms. The molecule has 0 saturated heterocycles. The number of aromatic hydroxyl groups is 1. The third-order valence-electron chi connectivity index (χ3n) is 2.34. The first-order valence-electron chi connectivity index (χ1n) is 4.71. The maximum absolute atomic E-state index is 11.0. The molecule has 1 aliphatic carbocycles. The van der Waals surface area contributed by atoms with Crippen molar-refractivity contribution in [2.24, 2.45) is 0 Å². The van der Waals surface area contributed by atoms with Crippen molar-refractivity contribution in [3.63, 3.8) is 0 Å². The first kappa shape index (κ1) is 9.59. The Kier molecular flexibility index (Phi) is 2.77. The average molecular weight is 208 g/mol. The molecule has 0 heterocycles. The zero-order chi connectivity index (χ0) is 9.97. The van der Waals surface area contributed by atoms with Crippen molar-refractivity contribution in [3.05, 3.63) is 24.3 Å². The third-order valence-corrected chi connectivity index (χ3v) is 3.62. The molecule has 1 fully saturated rings. The van der Waals surface area contributed by atoms with Crippen LogP contribution in [0.15, 0.2) is 29.2 Å². The first-order valence-corrected chi connectivity index (χ1v) is 5.59. The number of phenolic OH excluding ortho intramolecular Hbond substituents is 1. The van der Waals surface area contributed by atoms with Crippen molar-refractivity contribution < 1.29 is 9.90 Å². The number of carbonyl (C=O) groups excluding carboxylic acids is 1. The van der Waals surface area contributed by atoms with Crippen LogP contribution in [0.3, 0.4) is 0 Å². The van der Waals surface area contributed by atoms with E-state index in [0.29, 0.717) is 17.5 Å². The first-order chi connectivity index (χ1) is 6.74. The van der Waals surface area contributed by atoms with Crippen LogP contribution in [0.5, 0.6) is 5.75 Å². The summed E-state index contributed by atoms with van der Waals surface area (Å²) in [6.45, 7) is 0. The maximum atomic E-state index is 11.0. The molecule has 1 aromatic rings. The summed E-state index contributed by atoms with van der Waals surface area (Å²) in [6, 6.07) is 7.14. The van der Waals surface area contributed by atoms with E-state index in [0.717, 1.165) is 17.7 Å². The van der Waals surface area contributed by atoms with Gasteiger partial charge in [0.15, 0.2) is 0 Å². The lowest BCUT2D eigenvalue weighted by Gasteiger charge is -2.07. The molecule has 1 aromatic carbocycles. The van der Waals surface area contributed by atoms with Crippen LogP contribution in [0.25, 0.3) is 0 Å². The fourth-order valence-electron chi connectivity index (χ4n) is 1.60. The molecule has 14 heavy (non-hydrogen) atoms. The second-order valence-corrected chi connectivity index (χ2v) is 4.89. The van der Waals surface area contributed by atoms with Crippen molar-refractivity contribution in [1.29, 1.82) is 0 Å². The Bertz CT molecular complexity index is 332. The van der Waals surface area contributed by atoms with Crippen LogP contribution in [0, 0.1) is 0 Å². The van der Waals surface area contributed by atoms with Crippen LogP contribution in [0.1, 0.15) is 19.3 Å². The molecule has 0 unspecified atom stereocenters. The van der Waals surface area contributed by atoms with Gasteiger partial charge in [0, 0.05) is 23.0 Å². The number of phenols is 1. The van der Waals surface area contributed by atoms with E-state index in [1.165, 1.54) is 0 Å². The SMILES string of the molecule is O=C1CC[C@@H](Sc2ccc(O)cc2)C1. The Morgan fingerprint density at radius 2 is 2.00 bits per heavy atom. The van der Waals surface area contributed by atoms with Crippen molar-refractivity contribution in [3.8, 4) is 5.75 Å². The van der Waals surface area contributed by atoms with Gasteiger partial charge >= 0.3 is 0 Å². The van der Waals surface area contributed by atoms with E-state index in [9.17, 15) is 4.79 Å². The number of ketones is 1. The zero-order valence-corrected chi connectivity index (χ0v) is 8.59. The fraction of sp³-hybridized carbons (Fsp3) is 0.364. The van der Waals surface area contributed by atoms with E-state index in [1.807, 2.05) is 12.1 Å². The molecular formula is C11H12O2S. The topological polar surface area (TPSA) is 37.3 Å². The smallest absolute Gasteiger partial charge is 0.134 e. The molecule has 2 rings (SSSR count). The third kappa shape index (κ3) is 2.29. The van der Waals surface area contributed by atoms with Gasteiger partial charge in [0.05, 0.1) is 0 Å². The van der Waals surface area contributed by atoms with E-state index >= 15 is 0 Å². The van der Waals surface area contributed by atoms with Gasteiger partial charge in [-0.1, -0.05) is 0 Å². The number of hydrogen-bond acceptors (Lipinski definition) is 3. The highest BCUT2D eigenvalue weighted by molar-refractivity contribution is 8.00. The number of Topliss-reactive ketones (excluding diaryl/α,β-unsaturated/α-hetero) is 1. The summed E-state index contributed by atoms with van der Waals surface area (Å²) < 4.78 is 0. The zero-order valence-electron chi connectivity index (χ0n) is 7.77. The van der Waals surface area contributed by atoms with Crippen LogP contribution in [-0.4, -0.2) is 16.1 Å². The molecule has 1 saturated carbocycles. The lowest BCUT2D eigenvalue weighted by atomic mass is 10.3. The molecule has 3 heteroatoms. The van der Waals surface area contributed by atoms with Crippen molar-refractivity contribution >= 4 is 17.5 Å². The Morgan fingerprint density at radius 1 is 1.29 bits per heavy atom. The van der Waals surface area contributed by atoms with Gasteiger partial charge in [0.25, 0.3) is 0 Å². The van der Waals surface area contributed by atoms with E-state index in [2.05, 4.69) is 0 Å². The fourth-order valence-corrected chi connectivity index (χ4v) is 2.78. The summed E-state index contributed by atoms with van der Waals surface area (Å²) >= 11 is 1.73. The summed E-state index contributed by atoms with van der Waals surface area (Å²) in [7, 11) is 0. The molecule has 0 radical (unpaired) electrons. The van der Waals surface area contributed by atoms with Crippen molar-refractivity contribution in [2.75, 3.05) is 0 Å². The Hall–Kier alpha value is -0.960. The molecule has 0 aliphatic heterocycles. The molecule has 0 amide bonds. The lowest BCUT2D eigenvalue weighted by molar-refractivity contribution is -0.117. The summed E-state index contributed by atoms with van der Waals surface area (Å²) in [4.78, 5) is 12.2. The standard InChI is InChI=1S/C11H12O2S/c12-8-1-4-10(5-2-8)14-11-6-3-9(13)7-11/h1-2,4-5,11-12H,3,6-7H2/t11-/m1/s1. The average Bonchev–Trinajstić information content (AvgIpc) is 2.56. The van der Waals surface area contributed by atoms with Crippen LogP contribution >= 0.6 is 11.8 Å². The Balaban J connectivity index is 1.97. The van der Waals surface area contributed by atoms with Crippen LogP contribution in [0.2, 0.25) is 0 Å². The summed E-state index contributed by atoms with van der Waals surface area (Å²) in [5, 5.41) is 9.53. The van der Waals surface area contributed by atoms with Gasteiger partial charge in [0.1, 0.15) is 11.5 Å². The van der Waals surface area contributed by atoms with Gasteiger partial charge < -0.3 is 5.11 Å². The number of hydrogen-bond donors (Lipinski definition) is 1. The van der Waals surface area contributed by atoms with Gasteiger partial charge in [-0.2, -0.15) is 0 Å². The number of rotatable bonds is 2. The number of benzene rings is 1. The summed E-state index contributed by atoms with van der Waals surface area (Å²) in [5.41, 5.74) is 0. The van der Waals surface area contributed by atoms with Gasteiger partial charge in [-0.15, -0.1) is 11.8 Å². The summed E-state index contributed by atoms with van der Waals surface area (Å²) in [5.74, 6) is 0.665. The molecule has 1 N–H and O–H groups in total. The van der Waals surface area contributed by atoms with Gasteiger partial charge in [-0.25, -0.2) is 0 Å². The molecule has 1 atom stereocenters. The quantitative estimate of drug-likeness (QED) is 0.811. The second-order valence-electron chi connectivity index (χ2n) is 3.52. The van der Waals surface area contributed by atoms with Gasteiger partial charge in [0.2, 0.25) is 0 Å². The molecule has 2 nitrogen and oxygen atoms in total. The van der Waals surface area contributed by atoms with Crippen LogP contribution in [-0.2, 0) is 4.79 Å². The minimum absolute atomic E-state index is 0.289. The predicted molar refractivity (Wildman–Crippen MR) is 56.6 cm³/mol. The Labute approximate surface area is 87.3 Å². The molecule has 0 spiro atoms. The minimum Gasteiger partial charge on any atom is -0.508 e. The predicted octanol–water partition coefficient (Wildman–Crippen LogP) is 2.61. The van der Waals surface area contributed by atoms with E-state index < -0.39 is 0 Å². The van der Waals surface area contributed by atoms with Crippen LogP contribution in [0.4, 0.5) is 0 Å². The minimum atomic E-state index is 0.289. The lowest BCUT2D eigenvalue weighted by Crippen LogP contribution is -1.95. The normalized spacial score (nSPS) is 21.4. The van der Waals surface area contributed by atoms with E-state index in [1.54, 1.807) is 23.9 Å². The summed E-state index contributed by atoms with van der Waals surface area (Å²) in [6.07, 6.45) is 2.42. The van der Waals surface area contributed by atoms with E-state index in [4.69, 9.17) is 5.11 Å². The number of thioether (sulfide) groups is 1. The maximum Gasteiger partial charge on any atom is 0.134 e. The highest BCUT2D eigenvalue weighted by Crippen LogP contribution is 2.33. The molecule has 1 aliphatic rings. The highest BCUT2D eigenvalue weighted by atomic mass is 32.2. The number of carbonyl (C=O) groups is 1. The van der Waals surface area contributed by atoms with Gasteiger partial charge in [-0.05, 0) is 30.7 Å². The van der Waals surface area contributed by atoms with Crippen molar-refractivity contribution in [1.82, 2.24) is 0 Å². The molecule has 74 valence electrons. The van der Waals surface area contributed by atoms with E-state index in [-0.39, 0.29) is 5.75 Å². The monoisotopic (exact) mass is 208 g/mol. The molecular weight excluding hydrogens is 196 g/mol. The van der Waals surface area contributed by atoms with Gasteiger partial charge in [-0.3, -0.25) is 4.79 Å². The second kappa shape index (κ2) is 4.05. The Morgan fingerprint density at radius 3 is 2.57 bits per heavy atom. The van der Waals surface area contributed by atoms with Crippen molar-refractivity contribution in [2.45, 2.75) is 29.4 Å².